The number of isothiocyanates is 1. The van der Waals surface area contributed by atoms with E-state index in [-0.39, 0.29) is 0 Å². The monoisotopic (exact) mass is 463 g/mol. The van der Waals surface area contributed by atoms with Gasteiger partial charge in [-0.1, -0.05) is 12.6 Å². The van der Waals surface area contributed by atoms with E-state index in [4.69, 9.17) is 4.74 Å². The minimum absolute atomic E-state index is 0.755. The van der Waals surface area contributed by atoms with Gasteiger partial charge in [0.25, 0.3) is 0 Å². The number of benzene rings is 1. The lowest BCUT2D eigenvalue weighted by Crippen LogP contribution is -2.37. The third-order valence-electron chi connectivity index (χ3n) is 5.71. The lowest BCUT2D eigenvalue weighted by Gasteiger charge is -2.25. The van der Waals surface area contributed by atoms with E-state index in [1.807, 2.05) is 24.4 Å². The summed E-state index contributed by atoms with van der Waals surface area (Å²) in [7, 11) is 0. The number of thiocarbonyl (C=S) groups is 1. The van der Waals surface area contributed by atoms with Crippen molar-refractivity contribution < 1.29 is 4.74 Å². The average molecular weight is 464 g/mol. The zero-order chi connectivity index (χ0) is 23.5. The summed E-state index contributed by atoms with van der Waals surface area (Å²) >= 11 is 4.46. The third-order valence-corrected chi connectivity index (χ3v) is 5.84. The van der Waals surface area contributed by atoms with E-state index in [1.54, 1.807) is 0 Å². The Morgan fingerprint density at radius 3 is 2.73 bits per heavy atom. The van der Waals surface area contributed by atoms with Gasteiger partial charge >= 0.3 is 0 Å². The predicted octanol–water partition coefficient (Wildman–Crippen LogP) is 4.23. The van der Waals surface area contributed by atoms with Gasteiger partial charge in [-0.2, -0.15) is 0 Å². The van der Waals surface area contributed by atoms with Gasteiger partial charge in [-0.05, 0) is 78.7 Å². The van der Waals surface area contributed by atoms with Gasteiger partial charge in [0.2, 0.25) is 0 Å². The predicted molar refractivity (Wildman–Crippen MR) is 140 cm³/mol. The fourth-order valence-corrected chi connectivity index (χ4v) is 3.72. The number of aryl methyl sites for hydroxylation is 2. The maximum Gasteiger partial charge on any atom is 0.0620 e. The normalized spacial score (nSPS) is 15.3. The molecule has 1 fully saturated rings. The summed E-state index contributed by atoms with van der Waals surface area (Å²) in [4.78, 5) is 10.5. The molecule has 0 aliphatic carbocycles. The van der Waals surface area contributed by atoms with Crippen molar-refractivity contribution in [3.05, 3.63) is 76.8 Å². The van der Waals surface area contributed by atoms with Gasteiger partial charge in [-0.3, -0.25) is 9.88 Å². The number of morpholine rings is 1. The van der Waals surface area contributed by atoms with E-state index in [9.17, 15) is 0 Å². The number of hydrogen-bond donors (Lipinski definition) is 2. The average Bonchev–Trinajstić information content (AvgIpc) is 2.83. The molecular formula is C26H33N5OS. The van der Waals surface area contributed by atoms with Crippen molar-refractivity contribution in [3.63, 3.8) is 0 Å². The van der Waals surface area contributed by atoms with E-state index in [1.165, 1.54) is 22.3 Å². The van der Waals surface area contributed by atoms with Gasteiger partial charge in [-0.15, -0.1) is 0 Å². The Morgan fingerprint density at radius 1 is 1.21 bits per heavy atom. The fourth-order valence-electron chi connectivity index (χ4n) is 3.63. The van der Waals surface area contributed by atoms with E-state index >= 15 is 0 Å². The summed E-state index contributed by atoms with van der Waals surface area (Å²) in [5.74, 6) is 0. The molecule has 0 bridgehead atoms. The smallest absolute Gasteiger partial charge is 0.0620 e. The van der Waals surface area contributed by atoms with Crippen molar-refractivity contribution in [1.82, 2.24) is 15.2 Å². The van der Waals surface area contributed by atoms with Gasteiger partial charge in [0.15, 0.2) is 0 Å². The highest BCUT2D eigenvalue weighted by Gasteiger charge is 2.14. The first kappa shape index (κ1) is 25.0. The molecule has 1 saturated heterocycles. The van der Waals surface area contributed by atoms with Crippen molar-refractivity contribution in [3.8, 4) is 0 Å². The second kappa shape index (κ2) is 13.1. The van der Waals surface area contributed by atoms with Gasteiger partial charge in [0, 0.05) is 50.3 Å². The first-order valence-electron chi connectivity index (χ1n) is 11.3. The molecular weight excluding hydrogens is 430 g/mol. The Morgan fingerprint density at radius 2 is 2.00 bits per heavy atom. The molecule has 3 heterocycles. The van der Waals surface area contributed by atoms with E-state index in [0.29, 0.717) is 0 Å². The van der Waals surface area contributed by atoms with E-state index < -0.39 is 0 Å². The van der Waals surface area contributed by atoms with Crippen molar-refractivity contribution in [2.24, 2.45) is 4.99 Å². The van der Waals surface area contributed by atoms with Gasteiger partial charge < -0.3 is 15.4 Å². The largest absolute Gasteiger partial charge is 0.379 e. The summed E-state index contributed by atoms with van der Waals surface area (Å²) in [5, 5.41) is 9.19. The van der Waals surface area contributed by atoms with Gasteiger partial charge in [-0.25, -0.2) is 4.99 Å². The van der Waals surface area contributed by atoms with Crippen LogP contribution in [-0.2, 0) is 11.3 Å². The van der Waals surface area contributed by atoms with Crippen LogP contribution >= 0.6 is 12.2 Å². The molecule has 0 amide bonds. The van der Waals surface area contributed by atoms with Crippen LogP contribution in [0.25, 0.3) is 6.08 Å². The van der Waals surface area contributed by atoms with Crippen LogP contribution in [0, 0.1) is 13.8 Å². The van der Waals surface area contributed by atoms with Crippen LogP contribution in [0.15, 0.2) is 59.4 Å². The SMILES string of the molecule is C=C1Nc2cc(C)c(C)cc2C=C1CNCc1ccccn1.S=C=NCCN1CCOCC1. The Kier molecular flexibility index (Phi) is 9.94. The summed E-state index contributed by atoms with van der Waals surface area (Å²) in [6, 6.07) is 10.4. The number of aromatic nitrogens is 1. The molecule has 0 unspecified atom stereocenters. The fraction of sp³-hybridized carbons (Fsp3) is 0.385. The molecule has 7 heteroatoms. The highest BCUT2D eigenvalue weighted by molar-refractivity contribution is 7.78. The zero-order valence-electron chi connectivity index (χ0n) is 19.6. The first-order chi connectivity index (χ1) is 16.1. The minimum atomic E-state index is 0.755. The van der Waals surface area contributed by atoms with Crippen molar-refractivity contribution in [2.75, 3.05) is 51.3 Å². The number of ether oxygens (including phenoxy) is 1. The van der Waals surface area contributed by atoms with Crippen LogP contribution in [0.2, 0.25) is 0 Å². The van der Waals surface area contributed by atoms with Gasteiger partial charge in [0.1, 0.15) is 0 Å². The molecule has 33 heavy (non-hydrogen) atoms. The molecule has 2 N–H and O–H groups in total. The summed E-state index contributed by atoms with van der Waals surface area (Å²) in [5.41, 5.74) is 8.17. The number of rotatable bonds is 7. The topological polar surface area (TPSA) is 61.8 Å². The molecule has 2 aromatic rings. The number of hydrogen-bond acceptors (Lipinski definition) is 7. The van der Waals surface area contributed by atoms with E-state index in [0.717, 1.165) is 69.6 Å². The Bertz CT molecular complexity index is 1010. The van der Waals surface area contributed by atoms with E-state index in [2.05, 4.69) is 81.5 Å². The van der Waals surface area contributed by atoms with Crippen LogP contribution in [-0.4, -0.2) is 61.0 Å². The quantitative estimate of drug-likeness (QED) is 0.473. The summed E-state index contributed by atoms with van der Waals surface area (Å²) in [6.07, 6.45) is 4.03. The molecule has 174 valence electrons. The second-order valence-corrected chi connectivity index (χ2v) is 8.33. The summed E-state index contributed by atoms with van der Waals surface area (Å²) in [6.45, 7) is 15.4. The first-order valence-corrected chi connectivity index (χ1v) is 11.7. The Balaban J connectivity index is 0.000000235. The van der Waals surface area contributed by atoms with Crippen LogP contribution in [0.3, 0.4) is 0 Å². The molecule has 2 aliphatic rings. The minimum Gasteiger partial charge on any atom is -0.379 e. The number of nitrogens with zero attached hydrogens (tertiary/aromatic N) is 3. The van der Waals surface area contributed by atoms with Crippen molar-refractivity contribution in [2.45, 2.75) is 20.4 Å². The van der Waals surface area contributed by atoms with Crippen molar-refractivity contribution in [1.29, 1.82) is 0 Å². The van der Waals surface area contributed by atoms with Crippen LogP contribution in [0.4, 0.5) is 5.69 Å². The van der Waals surface area contributed by atoms with Crippen molar-refractivity contribution >= 4 is 29.1 Å². The summed E-state index contributed by atoms with van der Waals surface area (Å²) < 4.78 is 5.20. The number of anilines is 1. The van der Waals surface area contributed by atoms with Gasteiger partial charge in [0.05, 0.1) is 30.6 Å². The number of aliphatic imine (C=N–C) groups is 1. The number of fused-ring (bicyclic) bond motifs is 1. The molecule has 1 aromatic heterocycles. The molecule has 6 nitrogen and oxygen atoms in total. The molecule has 0 radical (unpaired) electrons. The lowest BCUT2D eigenvalue weighted by atomic mass is 9.97. The molecule has 0 atom stereocenters. The highest BCUT2D eigenvalue weighted by Crippen LogP contribution is 2.30. The standard InChI is InChI=1S/C19H21N3.C7H12N2OS/c1-13-8-16-10-17(15(3)22-19(16)9-14(13)2)11-20-12-18-6-4-5-7-21-18;11-7-8-1-2-9-3-5-10-6-4-9/h4-10,20,22H,3,11-12H2,1-2H3;1-6H2. The zero-order valence-corrected chi connectivity index (χ0v) is 20.4. The Labute approximate surface area is 202 Å². The number of pyridine rings is 1. The molecule has 0 spiro atoms. The van der Waals surface area contributed by atoms with Crippen LogP contribution in [0.1, 0.15) is 22.4 Å². The third kappa shape index (κ3) is 8.00. The van der Waals surface area contributed by atoms with Crippen LogP contribution in [0.5, 0.6) is 0 Å². The van der Waals surface area contributed by atoms with Crippen LogP contribution < -0.4 is 10.6 Å². The Hall–Kier alpha value is -2.67. The molecule has 4 rings (SSSR count). The lowest BCUT2D eigenvalue weighted by molar-refractivity contribution is 0.0395. The maximum atomic E-state index is 5.20. The second-order valence-electron chi connectivity index (χ2n) is 8.15. The number of nitrogens with one attached hydrogen (secondary N) is 2. The highest BCUT2D eigenvalue weighted by atomic mass is 32.1. The maximum absolute atomic E-state index is 5.20. The molecule has 2 aliphatic heterocycles. The molecule has 0 saturated carbocycles. The molecule has 1 aromatic carbocycles.